The van der Waals surface area contributed by atoms with Gasteiger partial charge >= 0.3 is 0 Å². The van der Waals surface area contributed by atoms with Gasteiger partial charge in [0.05, 0.1) is 12.1 Å². The standard InChI is InChI=1S/C19H16ClFN2O3/c1-12(24)22(11-13-4-2-3-5-16(13)20)17-10-18(25)23(19(17)26)15-8-6-14(21)7-9-15/h2-9,17H,10-11H2,1H3. The summed E-state index contributed by atoms with van der Waals surface area (Å²) in [6.07, 6.45) is -0.125. The lowest BCUT2D eigenvalue weighted by molar-refractivity contribution is -0.137. The Labute approximate surface area is 155 Å². The zero-order valence-corrected chi connectivity index (χ0v) is 14.7. The molecule has 0 N–H and O–H groups in total. The third-order valence-electron chi connectivity index (χ3n) is 4.29. The second kappa shape index (κ2) is 7.25. The summed E-state index contributed by atoms with van der Waals surface area (Å²) in [5, 5.41) is 0.478. The Hall–Kier alpha value is -2.73. The predicted octanol–water partition coefficient (Wildman–Crippen LogP) is 3.16. The van der Waals surface area contributed by atoms with E-state index >= 15 is 0 Å². The van der Waals surface area contributed by atoms with Crippen LogP contribution in [0.5, 0.6) is 0 Å². The molecule has 26 heavy (non-hydrogen) atoms. The van der Waals surface area contributed by atoms with Crippen LogP contribution in [0.2, 0.25) is 5.02 Å². The highest BCUT2D eigenvalue weighted by atomic mass is 35.5. The van der Waals surface area contributed by atoms with Crippen LogP contribution in [0.3, 0.4) is 0 Å². The first-order valence-corrected chi connectivity index (χ1v) is 8.39. The van der Waals surface area contributed by atoms with Gasteiger partial charge in [0.1, 0.15) is 11.9 Å². The number of imide groups is 1. The number of hydrogen-bond acceptors (Lipinski definition) is 3. The Morgan fingerprint density at radius 3 is 2.46 bits per heavy atom. The van der Waals surface area contributed by atoms with Crippen LogP contribution in [0.15, 0.2) is 48.5 Å². The van der Waals surface area contributed by atoms with Gasteiger partial charge in [0.2, 0.25) is 11.8 Å². The quantitative estimate of drug-likeness (QED) is 0.772. The largest absolute Gasteiger partial charge is 0.326 e. The van der Waals surface area contributed by atoms with Crippen LogP contribution in [-0.2, 0) is 20.9 Å². The molecule has 1 saturated heterocycles. The van der Waals surface area contributed by atoms with Crippen LogP contribution in [-0.4, -0.2) is 28.7 Å². The van der Waals surface area contributed by atoms with Crippen LogP contribution in [0.4, 0.5) is 10.1 Å². The molecule has 7 heteroatoms. The van der Waals surface area contributed by atoms with Crippen LogP contribution < -0.4 is 4.90 Å². The third kappa shape index (κ3) is 3.46. The summed E-state index contributed by atoms with van der Waals surface area (Å²) < 4.78 is 13.1. The minimum atomic E-state index is -0.915. The van der Waals surface area contributed by atoms with E-state index in [1.807, 2.05) is 0 Å². The number of carbonyl (C=O) groups excluding carboxylic acids is 3. The number of hydrogen-bond donors (Lipinski definition) is 0. The van der Waals surface area contributed by atoms with Gasteiger partial charge in [-0.15, -0.1) is 0 Å². The number of rotatable bonds is 4. The summed E-state index contributed by atoms with van der Waals surface area (Å²) in [5.41, 5.74) is 0.968. The van der Waals surface area contributed by atoms with Crippen LogP contribution in [0.25, 0.3) is 0 Å². The third-order valence-corrected chi connectivity index (χ3v) is 4.66. The summed E-state index contributed by atoms with van der Waals surface area (Å²) in [4.78, 5) is 39.6. The first kappa shape index (κ1) is 18.1. The molecule has 1 heterocycles. The molecule has 0 radical (unpaired) electrons. The molecule has 1 aliphatic rings. The van der Waals surface area contributed by atoms with E-state index in [4.69, 9.17) is 11.6 Å². The van der Waals surface area contributed by atoms with Gasteiger partial charge in [0.15, 0.2) is 0 Å². The maximum absolute atomic E-state index is 13.1. The molecule has 2 aromatic rings. The first-order valence-electron chi connectivity index (χ1n) is 8.01. The fourth-order valence-corrected chi connectivity index (χ4v) is 3.17. The van der Waals surface area contributed by atoms with Gasteiger partial charge in [-0.25, -0.2) is 9.29 Å². The van der Waals surface area contributed by atoms with Gasteiger partial charge in [-0.05, 0) is 35.9 Å². The average Bonchev–Trinajstić information content (AvgIpc) is 2.89. The molecule has 3 rings (SSSR count). The number of carbonyl (C=O) groups is 3. The molecule has 2 aromatic carbocycles. The van der Waals surface area contributed by atoms with Gasteiger partial charge in [0, 0.05) is 18.5 Å². The van der Waals surface area contributed by atoms with E-state index in [1.54, 1.807) is 24.3 Å². The number of halogens is 2. The van der Waals surface area contributed by atoms with Gasteiger partial charge < -0.3 is 4.90 Å². The van der Waals surface area contributed by atoms with Crippen LogP contribution in [0, 0.1) is 5.82 Å². The summed E-state index contributed by atoms with van der Waals surface area (Å²) in [6.45, 7) is 1.46. The lowest BCUT2D eigenvalue weighted by atomic mass is 10.1. The second-order valence-corrected chi connectivity index (χ2v) is 6.41. The molecule has 1 aliphatic heterocycles. The highest BCUT2D eigenvalue weighted by Crippen LogP contribution is 2.28. The van der Waals surface area contributed by atoms with Gasteiger partial charge in [-0.2, -0.15) is 0 Å². The minimum absolute atomic E-state index is 0.121. The number of amides is 3. The maximum atomic E-state index is 13.1. The Balaban J connectivity index is 1.88. The molecular formula is C19H16ClFN2O3. The van der Waals surface area contributed by atoms with Crippen molar-refractivity contribution in [1.82, 2.24) is 4.90 Å². The predicted molar refractivity (Wildman–Crippen MR) is 95.0 cm³/mol. The van der Waals surface area contributed by atoms with Gasteiger partial charge in [0.25, 0.3) is 5.91 Å². The van der Waals surface area contributed by atoms with Crippen molar-refractivity contribution >= 4 is 35.0 Å². The highest BCUT2D eigenvalue weighted by Gasteiger charge is 2.43. The van der Waals surface area contributed by atoms with E-state index in [0.29, 0.717) is 10.6 Å². The zero-order chi connectivity index (χ0) is 18.8. The molecule has 0 saturated carbocycles. The molecular weight excluding hydrogens is 359 g/mol. The van der Waals surface area contributed by atoms with Gasteiger partial charge in [-0.3, -0.25) is 14.4 Å². The van der Waals surface area contributed by atoms with Crippen molar-refractivity contribution in [2.75, 3.05) is 4.90 Å². The monoisotopic (exact) mass is 374 g/mol. The highest BCUT2D eigenvalue weighted by molar-refractivity contribution is 6.31. The topological polar surface area (TPSA) is 57.7 Å². The number of anilines is 1. The van der Waals surface area contributed by atoms with Crippen molar-refractivity contribution < 1.29 is 18.8 Å². The van der Waals surface area contributed by atoms with Crippen molar-refractivity contribution in [2.45, 2.75) is 25.9 Å². The fraction of sp³-hybridized carbons (Fsp3) is 0.211. The molecule has 1 unspecified atom stereocenters. The zero-order valence-electron chi connectivity index (χ0n) is 14.0. The number of nitrogens with zero attached hydrogens (tertiary/aromatic N) is 2. The lowest BCUT2D eigenvalue weighted by Gasteiger charge is -2.27. The Bertz CT molecular complexity index is 869. The van der Waals surface area contributed by atoms with Crippen molar-refractivity contribution in [3.05, 3.63) is 64.9 Å². The summed E-state index contributed by atoms with van der Waals surface area (Å²) in [5.74, 6) is -1.74. The molecule has 5 nitrogen and oxygen atoms in total. The van der Waals surface area contributed by atoms with Crippen LogP contribution in [0.1, 0.15) is 18.9 Å². The lowest BCUT2D eigenvalue weighted by Crippen LogP contribution is -2.44. The molecule has 3 amide bonds. The Morgan fingerprint density at radius 1 is 1.19 bits per heavy atom. The van der Waals surface area contributed by atoms with Crippen LogP contribution >= 0.6 is 11.6 Å². The van der Waals surface area contributed by atoms with Crippen molar-refractivity contribution in [3.8, 4) is 0 Å². The van der Waals surface area contributed by atoms with E-state index in [2.05, 4.69) is 0 Å². The van der Waals surface area contributed by atoms with E-state index in [1.165, 1.54) is 36.1 Å². The molecule has 0 aromatic heterocycles. The smallest absolute Gasteiger partial charge is 0.257 e. The Kier molecular flexibility index (Phi) is 5.04. The minimum Gasteiger partial charge on any atom is -0.326 e. The Morgan fingerprint density at radius 2 is 1.85 bits per heavy atom. The SMILES string of the molecule is CC(=O)N(Cc1ccccc1Cl)C1CC(=O)N(c2ccc(F)cc2)C1=O. The van der Waals surface area contributed by atoms with E-state index in [0.717, 1.165) is 4.90 Å². The maximum Gasteiger partial charge on any atom is 0.257 e. The summed E-state index contributed by atoms with van der Waals surface area (Å²) in [6, 6.07) is 11.2. The fourth-order valence-electron chi connectivity index (χ4n) is 2.97. The van der Waals surface area contributed by atoms with Gasteiger partial charge in [-0.1, -0.05) is 29.8 Å². The summed E-state index contributed by atoms with van der Waals surface area (Å²) in [7, 11) is 0. The van der Waals surface area contributed by atoms with E-state index in [9.17, 15) is 18.8 Å². The average molecular weight is 375 g/mol. The molecule has 0 spiro atoms. The molecule has 1 fully saturated rings. The molecule has 134 valence electrons. The number of benzene rings is 2. The normalized spacial score (nSPS) is 16.9. The molecule has 0 bridgehead atoms. The first-order chi connectivity index (χ1) is 12.4. The molecule has 0 aliphatic carbocycles. The van der Waals surface area contributed by atoms with Crippen molar-refractivity contribution in [1.29, 1.82) is 0 Å². The summed E-state index contributed by atoms with van der Waals surface area (Å²) >= 11 is 6.15. The molecule has 1 atom stereocenters. The van der Waals surface area contributed by atoms with Crippen molar-refractivity contribution in [2.24, 2.45) is 0 Å². The van der Waals surface area contributed by atoms with E-state index in [-0.39, 0.29) is 24.6 Å². The second-order valence-electron chi connectivity index (χ2n) is 6.00. The van der Waals surface area contributed by atoms with E-state index < -0.39 is 23.7 Å². The van der Waals surface area contributed by atoms with Crippen molar-refractivity contribution in [3.63, 3.8) is 0 Å².